The highest BCUT2D eigenvalue weighted by molar-refractivity contribution is 7.18. The maximum atomic E-state index is 13.9. The number of pyridine rings is 1. The first kappa shape index (κ1) is 40.2. The quantitative estimate of drug-likeness (QED) is 0.130. The molecule has 0 radical (unpaired) electrons. The monoisotopic (exact) mass is 688 g/mol. The summed E-state index contributed by atoms with van der Waals surface area (Å²) < 4.78 is 27.9. The Morgan fingerprint density at radius 3 is 2.47 bits per heavy atom. The molecule has 0 bridgehead atoms. The molecule has 0 fully saturated rings. The van der Waals surface area contributed by atoms with E-state index in [0.29, 0.717) is 17.7 Å². The van der Waals surface area contributed by atoms with Crippen molar-refractivity contribution in [3.05, 3.63) is 75.3 Å². The van der Waals surface area contributed by atoms with Crippen molar-refractivity contribution in [2.24, 2.45) is 0 Å². The molecule has 1 aliphatic rings. The summed E-state index contributed by atoms with van der Waals surface area (Å²) in [5, 5.41) is 13.5. The van der Waals surface area contributed by atoms with Gasteiger partial charge in [0.2, 0.25) is 0 Å². The number of nitrogens with one attached hydrogen (secondary N) is 2. The van der Waals surface area contributed by atoms with Crippen molar-refractivity contribution in [1.29, 1.82) is 0 Å². The minimum atomic E-state index is -3.13. The van der Waals surface area contributed by atoms with E-state index < -0.39 is 5.66 Å². The number of fused-ring (bicyclic) bond motifs is 2. The molecular weight excluding hydrogens is 633 g/mol. The second-order valence-electron chi connectivity index (χ2n) is 11.3. The summed E-state index contributed by atoms with van der Waals surface area (Å²) >= 11 is 1.57. The molecule has 3 aromatic heterocycles. The van der Waals surface area contributed by atoms with Gasteiger partial charge >= 0.3 is 0 Å². The van der Waals surface area contributed by atoms with E-state index in [1.165, 1.54) is 21.7 Å². The second-order valence-corrected chi connectivity index (χ2v) is 13.0. The molecule has 47 heavy (non-hydrogen) atoms. The number of unbranched alkanes of at least 4 members (excludes halogenated alkanes) is 1. The number of nitrogens with zero attached hydrogens (tertiary/aromatic N) is 4. The summed E-state index contributed by atoms with van der Waals surface area (Å²) in [5.74, 6) is 0.683. The van der Waals surface area contributed by atoms with Crippen molar-refractivity contribution in [1.82, 2.24) is 25.4 Å². The molecule has 0 aromatic carbocycles. The molecule has 0 aliphatic carbocycles. The minimum Gasteiger partial charge on any atom is -0.355 e. The van der Waals surface area contributed by atoms with Crippen LogP contribution in [0.1, 0.15) is 107 Å². The predicted molar refractivity (Wildman–Crippen MR) is 200 cm³/mol. The van der Waals surface area contributed by atoms with Crippen LogP contribution in [0.4, 0.5) is 14.6 Å². The van der Waals surface area contributed by atoms with Crippen molar-refractivity contribution in [3.8, 4) is 0 Å². The lowest BCUT2D eigenvalue weighted by atomic mass is 10.0. The lowest BCUT2D eigenvalue weighted by Gasteiger charge is -2.27. The van der Waals surface area contributed by atoms with Gasteiger partial charge in [0.15, 0.2) is 11.5 Å². The zero-order chi connectivity index (χ0) is 35.0. The fourth-order valence-corrected chi connectivity index (χ4v) is 6.51. The van der Waals surface area contributed by atoms with Gasteiger partial charge in [0.1, 0.15) is 0 Å². The van der Waals surface area contributed by atoms with Gasteiger partial charge in [-0.05, 0) is 49.0 Å². The van der Waals surface area contributed by atoms with E-state index in [4.69, 9.17) is 0 Å². The van der Waals surface area contributed by atoms with Crippen LogP contribution >= 0.6 is 20.6 Å². The molecule has 4 rings (SSSR count). The Balaban J connectivity index is 0.00000145. The highest BCUT2D eigenvalue weighted by Gasteiger charge is 2.27. The third-order valence-corrected chi connectivity index (χ3v) is 8.59. The Morgan fingerprint density at radius 1 is 1.19 bits per heavy atom. The fourth-order valence-electron chi connectivity index (χ4n) is 5.19. The number of halogens is 2. The summed E-state index contributed by atoms with van der Waals surface area (Å²) in [6, 6.07) is 2.19. The lowest BCUT2D eigenvalue weighted by molar-refractivity contribution is 0.0965. The zero-order valence-electron chi connectivity index (χ0n) is 29.4. The first-order valence-electron chi connectivity index (χ1n) is 17.0. The fraction of sp³-hybridized carbons (Fsp3) is 0.528. The van der Waals surface area contributed by atoms with E-state index in [9.17, 15) is 13.6 Å². The van der Waals surface area contributed by atoms with Gasteiger partial charge in [-0.25, -0.2) is 4.98 Å². The molecule has 260 valence electrons. The Morgan fingerprint density at radius 2 is 1.87 bits per heavy atom. The minimum absolute atomic E-state index is 0.267. The molecule has 1 unspecified atom stereocenters. The Kier molecular flexibility index (Phi) is 17.5. The van der Waals surface area contributed by atoms with Gasteiger partial charge in [-0.3, -0.25) is 14.8 Å². The Labute approximate surface area is 287 Å². The smallest absolute Gasteiger partial charge is 0.283 e. The maximum absolute atomic E-state index is 13.9. The summed E-state index contributed by atoms with van der Waals surface area (Å²) in [5.41, 5.74) is 0.523. The number of alkyl halides is 2. The van der Waals surface area contributed by atoms with Crippen LogP contribution < -0.4 is 10.2 Å². The van der Waals surface area contributed by atoms with E-state index in [1.54, 1.807) is 17.4 Å². The number of carbonyl (C=O) groups is 1. The average Bonchev–Trinajstić information content (AvgIpc) is 3.67. The molecule has 11 heteroatoms. The Hall–Kier alpha value is -2.94. The third kappa shape index (κ3) is 11.6. The Bertz CT molecular complexity index is 1470. The van der Waals surface area contributed by atoms with Crippen LogP contribution in [0.5, 0.6) is 0 Å². The normalized spacial score (nSPS) is 13.7. The standard InChI is InChI=1S/C31H41F2N6OPS.C3H8.C2H6/c1-5-9-10-23(16-22(8-4)31(32,33)41)35-30(40)26-20-42-27-19-38(14-11-24(26)27)18-21-15-25-28(34-17-21)36-37-29(25)39(12-6-2)13-7-3;1-3-2;1-2/h8,10,15-17,20H,4-7,9,11-14,18-19,41H2,1-3H3,(H,35,40)(H,34,36,37);3H2,1-2H3;1-2H3/b22-16+,23-10+;;. The summed E-state index contributed by atoms with van der Waals surface area (Å²) in [7, 11) is 1.52. The number of aromatic nitrogens is 3. The van der Waals surface area contributed by atoms with Crippen LogP contribution in [0, 0.1) is 0 Å². The number of rotatable bonds is 14. The lowest BCUT2D eigenvalue weighted by Crippen LogP contribution is -2.31. The molecule has 1 amide bonds. The summed E-state index contributed by atoms with van der Waals surface area (Å²) in [4.78, 5) is 23.8. The van der Waals surface area contributed by atoms with Crippen LogP contribution in [0.2, 0.25) is 0 Å². The number of anilines is 1. The highest BCUT2D eigenvalue weighted by Crippen LogP contribution is 2.33. The second kappa shape index (κ2) is 20.4. The molecular formula is C36H55F2N6OPS. The molecule has 4 heterocycles. The number of hydrogen-bond acceptors (Lipinski definition) is 6. The van der Waals surface area contributed by atoms with E-state index >= 15 is 0 Å². The van der Waals surface area contributed by atoms with Crippen LogP contribution in [-0.4, -0.2) is 51.3 Å². The number of amides is 1. The van der Waals surface area contributed by atoms with Gasteiger partial charge in [0.25, 0.3) is 11.6 Å². The van der Waals surface area contributed by atoms with Crippen molar-refractivity contribution in [3.63, 3.8) is 0 Å². The molecule has 0 saturated heterocycles. The number of aromatic amines is 1. The van der Waals surface area contributed by atoms with Crippen LogP contribution in [-0.2, 0) is 19.5 Å². The van der Waals surface area contributed by atoms with Gasteiger partial charge < -0.3 is 10.2 Å². The molecule has 1 aliphatic heterocycles. The third-order valence-electron chi connectivity index (χ3n) is 7.24. The van der Waals surface area contributed by atoms with Crippen molar-refractivity contribution < 1.29 is 13.6 Å². The number of allylic oxidation sites excluding steroid dienone is 4. The van der Waals surface area contributed by atoms with Gasteiger partial charge in [0.05, 0.1) is 10.9 Å². The zero-order valence-corrected chi connectivity index (χ0v) is 31.4. The van der Waals surface area contributed by atoms with Crippen LogP contribution in [0.15, 0.2) is 53.7 Å². The number of H-pyrrole nitrogens is 1. The van der Waals surface area contributed by atoms with E-state index in [2.05, 4.69) is 70.6 Å². The largest absolute Gasteiger partial charge is 0.355 e. The van der Waals surface area contributed by atoms with Crippen molar-refractivity contribution in [2.45, 2.75) is 106 Å². The van der Waals surface area contributed by atoms with Crippen LogP contribution in [0.3, 0.4) is 0 Å². The number of thiophene rings is 1. The van der Waals surface area contributed by atoms with Gasteiger partial charge in [-0.2, -0.15) is 13.9 Å². The van der Waals surface area contributed by atoms with Crippen molar-refractivity contribution >= 4 is 43.3 Å². The topological polar surface area (TPSA) is 77.1 Å². The van der Waals surface area contributed by atoms with E-state index in [0.717, 1.165) is 97.3 Å². The molecule has 7 nitrogen and oxygen atoms in total. The molecule has 3 aromatic rings. The number of carbonyl (C=O) groups excluding carboxylic acids is 1. The first-order chi connectivity index (χ1) is 22.6. The van der Waals surface area contributed by atoms with Gasteiger partial charge in [-0.1, -0.05) is 89.3 Å². The summed E-state index contributed by atoms with van der Waals surface area (Å²) in [6.45, 7) is 22.3. The van der Waals surface area contributed by atoms with E-state index in [-0.39, 0.29) is 11.5 Å². The van der Waals surface area contributed by atoms with Crippen molar-refractivity contribution in [2.75, 3.05) is 24.5 Å². The summed E-state index contributed by atoms with van der Waals surface area (Å²) in [6.07, 6.45) is 11.7. The molecule has 0 saturated carbocycles. The maximum Gasteiger partial charge on any atom is 0.283 e. The van der Waals surface area contributed by atoms with Gasteiger partial charge in [0, 0.05) is 60.4 Å². The predicted octanol–water partition coefficient (Wildman–Crippen LogP) is 9.64. The SMILES string of the molecule is C=C/C(=C\C(=C/CCC)NC(=O)c1csc2c1CCN(Cc1cnc3[nH]nc(N(CCC)CCC)c3c1)C2)C(F)(F)P.CC.CCC. The molecule has 0 spiro atoms. The molecule has 2 N–H and O–H groups in total. The number of hydrogen-bond donors (Lipinski definition) is 2. The molecule has 1 atom stereocenters. The van der Waals surface area contributed by atoms with Gasteiger partial charge in [-0.15, -0.1) is 11.3 Å². The highest BCUT2D eigenvalue weighted by atomic mass is 32.1. The van der Waals surface area contributed by atoms with Crippen LogP contribution in [0.25, 0.3) is 11.0 Å². The average molecular weight is 689 g/mol. The van der Waals surface area contributed by atoms with E-state index in [1.807, 2.05) is 32.3 Å². The first-order valence-corrected chi connectivity index (χ1v) is 18.5.